The van der Waals surface area contributed by atoms with Gasteiger partial charge >= 0.3 is 0 Å². The van der Waals surface area contributed by atoms with Crippen molar-refractivity contribution in [3.05, 3.63) is 81.7 Å². The summed E-state index contributed by atoms with van der Waals surface area (Å²) in [4.78, 5) is 16.8. The van der Waals surface area contributed by atoms with E-state index in [-0.39, 0.29) is 38.5 Å². The van der Waals surface area contributed by atoms with E-state index >= 15 is 0 Å². The Morgan fingerprint density at radius 2 is 1.77 bits per heavy atom. The Morgan fingerprint density at radius 1 is 1.07 bits per heavy atom. The number of amides is 1. The molecule has 1 aliphatic carbocycles. The molecule has 4 aromatic rings. The van der Waals surface area contributed by atoms with Gasteiger partial charge in [-0.3, -0.25) is 4.79 Å². The van der Waals surface area contributed by atoms with E-state index in [9.17, 15) is 18.1 Å². The summed E-state index contributed by atoms with van der Waals surface area (Å²) < 4.78 is 47.0. The van der Waals surface area contributed by atoms with Gasteiger partial charge in [0, 0.05) is 24.2 Å². The number of halogens is 3. The van der Waals surface area contributed by atoms with Gasteiger partial charge in [-0.2, -0.15) is 0 Å². The molecule has 0 spiro atoms. The zero-order chi connectivity index (χ0) is 28.6. The van der Waals surface area contributed by atoms with Gasteiger partial charge in [0.25, 0.3) is 5.91 Å². The lowest BCUT2D eigenvalue weighted by Crippen LogP contribution is -2.41. The summed E-state index contributed by atoms with van der Waals surface area (Å²) in [6.45, 7) is 2.45. The van der Waals surface area contributed by atoms with Gasteiger partial charge in [0.1, 0.15) is 28.5 Å². The molecule has 210 valence electrons. The topological polar surface area (TPSA) is 52.6 Å². The molecule has 1 saturated carbocycles. The lowest BCUT2D eigenvalue weighted by atomic mass is 9.86. The van der Waals surface area contributed by atoms with Crippen LogP contribution in [0.25, 0.3) is 21.2 Å². The summed E-state index contributed by atoms with van der Waals surface area (Å²) in [5, 5.41) is -0.110. The highest BCUT2D eigenvalue weighted by Gasteiger charge is 2.32. The Kier molecular flexibility index (Phi) is 8.71. The normalized spacial score (nSPS) is 18.1. The van der Waals surface area contributed by atoms with Crippen molar-refractivity contribution in [1.29, 1.82) is 0 Å². The fourth-order valence-electron chi connectivity index (χ4n) is 5.41. The molecule has 1 fully saturated rings. The van der Waals surface area contributed by atoms with Crippen molar-refractivity contribution < 1.29 is 22.9 Å². The summed E-state index contributed by atoms with van der Waals surface area (Å²) >= 11 is 6.32. The first kappa shape index (κ1) is 28.9. The molecular weight excluding hydrogens is 572 g/mol. The molecule has 3 aromatic carbocycles. The zero-order valence-electron chi connectivity index (χ0n) is 22.5. The van der Waals surface area contributed by atoms with Gasteiger partial charge in [0.05, 0.1) is 22.2 Å². The summed E-state index contributed by atoms with van der Waals surface area (Å²) in [6.07, 6.45) is 5.25. The molecule has 1 aliphatic rings. The van der Waals surface area contributed by atoms with Crippen LogP contribution in [0.15, 0.2) is 59.5 Å². The quantitative estimate of drug-likeness (QED) is 0.200. The van der Waals surface area contributed by atoms with Gasteiger partial charge in [0.15, 0.2) is 4.90 Å². The monoisotopic (exact) mass is 601 g/mol. The highest BCUT2D eigenvalue weighted by molar-refractivity contribution is 7.90. The molecular formula is C31H30ClF2NO3S2. The first-order valence-electron chi connectivity index (χ1n) is 13.2. The Balaban J connectivity index is 1.56. The van der Waals surface area contributed by atoms with Crippen molar-refractivity contribution >= 4 is 50.1 Å². The van der Waals surface area contributed by atoms with Gasteiger partial charge in [-0.25, -0.2) is 8.78 Å². The van der Waals surface area contributed by atoms with E-state index in [0.717, 1.165) is 70.7 Å². The van der Waals surface area contributed by atoms with Crippen molar-refractivity contribution in [1.82, 2.24) is 4.90 Å². The molecule has 1 heterocycles. The molecule has 0 radical (unpaired) electrons. The van der Waals surface area contributed by atoms with Crippen LogP contribution in [0.3, 0.4) is 0 Å². The predicted molar refractivity (Wildman–Crippen MR) is 159 cm³/mol. The predicted octanol–water partition coefficient (Wildman–Crippen LogP) is 8.47. The number of carbonyl (C=O) groups excluding carboxylic acids is 1. The van der Waals surface area contributed by atoms with Gasteiger partial charge in [-0.15, -0.1) is 11.3 Å². The number of thiophene rings is 1. The highest BCUT2D eigenvalue weighted by atomic mass is 35.5. The molecule has 4 nitrogen and oxygen atoms in total. The number of carbonyl (C=O) groups is 1. The van der Waals surface area contributed by atoms with Crippen LogP contribution in [0, 0.1) is 17.6 Å². The molecule has 0 bridgehead atoms. The third-order valence-corrected chi connectivity index (χ3v) is 10.3. The zero-order valence-corrected chi connectivity index (χ0v) is 24.9. The Morgan fingerprint density at radius 3 is 2.45 bits per heavy atom. The number of nitrogens with zero attached hydrogens (tertiary/aromatic N) is 1. The standard InChI is InChI=1S/C31H30ClF2NO3S2/c1-18-7-10-22(11-8-18)35(31(36)30-28(32)27-24(33)12-13-25(34)29(27)39-30)17-21-15-20(9-14-26(21)38-2)19-5-4-6-23(16-19)40(3)37/h4-6,9,12-16,18,22H,7-8,10-11,17H2,1-3H3/t18-,22-,40?. The second-order valence-electron chi connectivity index (χ2n) is 10.3. The molecule has 1 aromatic heterocycles. The average Bonchev–Trinajstić information content (AvgIpc) is 3.32. The largest absolute Gasteiger partial charge is 0.612 e. The lowest BCUT2D eigenvalue weighted by molar-refractivity contribution is 0.0597. The smallest absolute Gasteiger partial charge is 0.266 e. The van der Waals surface area contributed by atoms with Crippen LogP contribution in [0.2, 0.25) is 5.02 Å². The van der Waals surface area contributed by atoms with Gasteiger partial charge in [-0.05, 0) is 84.2 Å². The van der Waals surface area contributed by atoms with Crippen LogP contribution in [0.5, 0.6) is 5.75 Å². The first-order chi connectivity index (χ1) is 19.2. The van der Waals surface area contributed by atoms with Crippen LogP contribution >= 0.6 is 22.9 Å². The molecule has 0 saturated heterocycles. The van der Waals surface area contributed by atoms with Crippen molar-refractivity contribution in [2.75, 3.05) is 13.4 Å². The summed E-state index contributed by atoms with van der Waals surface area (Å²) in [7, 11) is 1.59. The molecule has 1 unspecified atom stereocenters. The molecule has 0 aliphatic heterocycles. The molecule has 1 atom stereocenters. The number of hydrogen-bond acceptors (Lipinski definition) is 4. The number of methoxy groups -OCH3 is 1. The van der Waals surface area contributed by atoms with E-state index in [1.807, 2.05) is 42.5 Å². The van der Waals surface area contributed by atoms with Gasteiger partial charge in [0.2, 0.25) is 0 Å². The van der Waals surface area contributed by atoms with Crippen molar-refractivity contribution in [2.24, 2.45) is 5.92 Å². The Labute approximate surface area is 245 Å². The van der Waals surface area contributed by atoms with E-state index in [1.165, 1.54) is 0 Å². The van der Waals surface area contributed by atoms with E-state index < -0.39 is 22.8 Å². The second kappa shape index (κ2) is 12.1. The maximum absolute atomic E-state index is 14.6. The van der Waals surface area contributed by atoms with E-state index in [1.54, 1.807) is 18.3 Å². The maximum atomic E-state index is 14.6. The number of benzene rings is 3. The molecule has 0 N–H and O–H groups in total. The minimum atomic E-state index is -1.12. The minimum Gasteiger partial charge on any atom is -0.612 e. The fourth-order valence-corrected chi connectivity index (χ4v) is 7.47. The minimum absolute atomic E-state index is 0.0401. The number of fused-ring (bicyclic) bond motifs is 1. The van der Waals surface area contributed by atoms with E-state index in [4.69, 9.17) is 16.3 Å². The Hall–Kier alpha value is -2.65. The van der Waals surface area contributed by atoms with Crippen molar-refractivity contribution in [2.45, 2.75) is 50.1 Å². The highest BCUT2D eigenvalue weighted by Crippen LogP contribution is 2.41. The number of hydrogen-bond donors (Lipinski definition) is 0. The molecule has 1 amide bonds. The van der Waals surface area contributed by atoms with E-state index in [0.29, 0.717) is 11.7 Å². The summed E-state index contributed by atoms with van der Waals surface area (Å²) in [5.74, 6) is -0.413. The summed E-state index contributed by atoms with van der Waals surface area (Å²) in [5.41, 5.74) is 2.60. The third-order valence-electron chi connectivity index (χ3n) is 7.68. The fraction of sp³-hybridized carbons (Fsp3) is 0.323. The van der Waals surface area contributed by atoms with Crippen LogP contribution in [-0.2, 0) is 17.7 Å². The van der Waals surface area contributed by atoms with Crippen LogP contribution < -0.4 is 4.74 Å². The molecule has 40 heavy (non-hydrogen) atoms. The second-order valence-corrected chi connectivity index (χ2v) is 13.1. The Bertz CT molecular complexity index is 1550. The van der Waals surface area contributed by atoms with Crippen LogP contribution in [-0.4, -0.2) is 34.8 Å². The maximum Gasteiger partial charge on any atom is 0.266 e. The molecule has 5 rings (SSSR count). The van der Waals surface area contributed by atoms with Crippen molar-refractivity contribution in [3.63, 3.8) is 0 Å². The molecule has 9 heteroatoms. The average molecular weight is 602 g/mol. The van der Waals surface area contributed by atoms with Gasteiger partial charge in [-0.1, -0.05) is 36.7 Å². The number of ether oxygens (including phenoxy) is 1. The third kappa shape index (κ3) is 5.73. The lowest BCUT2D eigenvalue weighted by Gasteiger charge is -2.36. The first-order valence-corrected chi connectivity index (χ1v) is 15.9. The van der Waals surface area contributed by atoms with E-state index in [2.05, 4.69) is 6.92 Å². The summed E-state index contributed by atoms with van der Waals surface area (Å²) in [6, 6.07) is 15.4. The number of rotatable bonds is 7. The van der Waals surface area contributed by atoms with Crippen LogP contribution in [0.1, 0.15) is 47.8 Å². The van der Waals surface area contributed by atoms with Crippen molar-refractivity contribution in [3.8, 4) is 16.9 Å². The van der Waals surface area contributed by atoms with Crippen LogP contribution in [0.4, 0.5) is 8.78 Å². The SMILES string of the molecule is COc1ccc(-c2cccc([S+](C)[O-])c2)cc1CN(C(=O)c1sc2c(F)ccc(F)c2c1Cl)[C@H]1CC[C@H](C)CC1. The van der Waals surface area contributed by atoms with Gasteiger partial charge < -0.3 is 14.2 Å².